The largest absolute Gasteiger partial charge is 0.398 e. The lowest BCUT2D eigenvalue weighted by atomic mass is 9.94. The SMILES string of the molecule is CC1C=Cc2c(n(-c3ccccc3-c3ccc4sc5cccc(N)c5c4c3)c3ccccc23)C1. The van der Waals surface area contributed by atoms with Crippen molar-refractivity contribution in [2.75, 3.05) is 5.73 Å². The van der Waals surface area contributed by atoms with Crippen LogP contribution in [0.25, 0.3) is 54.0 Å². The molecule has 0 saturated heterocycles. The summed E-state index contributed by atoms with van der Waals surface area (Å²) in [5.41, 5.74) is 15.0. The average molecular weight is 457 g/mol. The summed E-state index contributed by atoms with van der Waals surface area (Å²) in [4.78, 5) is 0. The number of para-hydroxylation sites is 2. The van der Waals surface area contributed by atoms with Crippen LogP contribution in [0, 0.1) is 5.92 Å². The van der Waals surface area contributed by atoms with E-state index >= 15 is 0 Å². The Morgan fingerprint density at radius 1 is 0.853 bits per heavy atom. The summed E-state index contributed by atoms with van der Waals surface area (Å²) >= 11 is 1.81. The zero-order valence-corrected chi connectivity index (χ0v) is 19.8. The highest BCUT2D eigenvalue weighted by molar-refractivity contribution is 7.26. The van der Waals surface area contributed by atoms with E-state index in [1.165, 1.54) is 59.1 Å². The van der Waals surface area contributed by atoms with E-state index in [0.717, 1.165) is 12.1 Å². The molecule has 2 nitrogen and oxygen atoms in total. The monoisotopic (exact) mass is 456 g/mol. The van der Waals surface area contributed by atoms with Crippen LogP contribution >= 0.6 is 11.3 Å². The van der Waals surface area contributed by atoms with E-state index in [9.17, 15) is 0 Å². The standard InChI is InChI=1S/C31H24N2S/c1-19-13-15-23-22-8-3-5-11-27(22)33(28(23)17-19)26-10-4-2-7-21(26)20-14-16-29-24(18-20)31-25(32)9-6-12-30(31)34-29/h2-16,18-19H,17,32H2,1H3. The summed E-state index contributed by atoms with van der Waals surface area (Å²) in [5, 5.41) is 3.73. The lowest BCUT2D eigenvalue weighted by Gasteiger charge is -2.19. The minimum absolute atomic E-state index is 0.527. The van der Waals surface area contributed by atoms with Crippen molar-refractivity contribution in [1.29, 1.82) is 0 Å². The molecule has 0 spiro atoms. The van der Waals surface area contributed by atoms with Gasteiger partial charge in [-0.15, -0.1) is 11.3 Å². The summed E-state index contributed by atoms with van der Waals surface area (Å²) < 4.78 is 5.01. The van der Waals surface area contributed by atoms with Gasteiger partial charge in [0, 0.05) is 48.1 Å². The Kier molecular flexibility index (Phi) is 4.24. The predicted octanol–water partition coefficient (Wildman–Crippen LogP) is 8.45. The maximum Gasteiger partial charge on any atom is 0.0537 e. The Bertz CT molecular complexity index is 1770. The van der Waals surface area contributed by atoms with E-state index < -0.39 is 0 Å². The number of nitrogens with zero attached hydrogens (tertiary/aromatic N) is 1. The van der Waals surface area contributed by atoms with E-state index in [2.05, 4.69) is 96.4 Å². The molecule has 0 bridgehead atoms. The highest BCUT2D eigenvalue weighted by Crippen LogP contribution is 2.41. The molecule has 7 rings (SSSR count). The van der Waals surface area contributed by atoms with E-state index in [4.69, 9.17) is 5.73 Å². The van der Waals surface area contributed by atoms with Gasteiger partial charge >= 0.3 is 0 Å². The summed E-state index contributed by atoms with van der Waals surface area (Å²) in [6.45, 7) is 2.30. The lowest BCUT2D eigenvalue weighted by molar-refractivity contribution is 0.691. The maximum absolute atomic E-state index is 6.41. The fourth-order valence-electron chi connectivity index (χ4n) is 5.55. The van der Waals surface area contributed by atoms with Gasteiger partial charge in [0.05, 0.1) is 11.2 Å². The van der Waals surface area contributed by atoms with E-state index in [1.54, 1.807) is 0 Å². The molecule has 0 fully saturated rings. The number of rotatable bonds is 2. The molecule has 1 aliphatic rings. The van der Waals surface area contributed by atoms with Crippen molar-refractivity contribution in [3.63, 3.8) is 0 Å². The van der Waals surface area contributed by atoms with Crippen LogP contribution in [0.2, 0.25) is 0 Å². The first-order valence-electron chi connectivity index (χ1n) is 11.8. The van der Waals surface area contributed by atoms with Crippen molar-refractivity contribution in [3.8, 4) is 16.8 Å². The second kappa shape index (κ2) is 7.34. The number of hydrogen-bond donors (Lipinski definition) is 1. The van der Waals surface area contributed by atoms with Crippen LogP contribution in [0.1, 0.15) is 18.2 Å². The van der Waals surface area contributed by atoms with E-state index in [-0.39, 0.29) is 0 Å². The van der Waals surface area contributed by atoms with Gasteiger partial charge in [0.25, 0.3) is 0 Å². The van der Waals surface area contributed by atoms with E-state index in [0.29, 0.717) is 5.92 Å². The molecule has 2 aromatic heterocycles. The molecular formula is C31H24N2S. The molecule has 1 atom stereocenters. The number of nitrogens with two attached hydrogens (primary N) is 1. The number of anilines is 1. The quantitative estimate of drug-likeness (QED) is 0.260. The number of hydrogen-bond acceptors (Lipinski definition) is 2. The van der Waals surface area contributed by atoms with Gasteiger partial charge in [-0.3, -0.25) is 0 Å². The number of benzene rings is 4. The molecule has 34 heavy (non-hydrogen) atoms. The van der Waals surface area contributed by atoms with Crippen molar-refractivity contribution >= 4 is 54.2 Å². The number of nitrogen functional groups attached to an aromatic ring is 1. The molecule has 6 aromatic rings. The summed E-state index contributed by atoms with van der Waals surface area (Å²) in [7, 11) is 0. The van der Waals surface area contributed by atoms with Crippen molar-refractivity contribution in [2.24, 2.45) is 5.92 Å². The van der Waals surface area contributed by atoms with Gasteiger partial charge in [-0.1, -0.05) is 67.6 Å². The molecular weight excluding hydrogens is 432 g/mol. The minimum Gasteiger partial charge on any atom is -0.398 e. The Labute approximate surface area is 202 Å². The van der Waals surface area contributed by atoms with Crippen LogP contribution in [-0.4, -0.2) is 4.57 Å². The second-order valence-electron chi connectivity index (χ2n) is 9.30. The summed E-state index contributed by atoms with van der Waals surface area (Å²) in [5.74, 6) is 0.527. The fourth-order valence-corrected chi connectivity index (χ4v) is 6.67. The molecule has 2 N–H and O–H groups in total. The first kappa shape index (κ1) is 19.6. The summed E-state index contributed by atoms with van der Waals surface area (Å²) in [6, 6.07) is 30.6. The molecule has 1 unspecified atom stereocenters. The zero-order valence-electron chi connectivity index (χ0n) is 19.0. The van der Waals surface area contributed by atoms with Crippen LogP contribution in [-0.2, 0) is 6.42 Å². The number of allylic oxidation sites excluding steroid dienone is 1. The van der Waals surface area contributed by atoms with Gasteiger partial charge in [-0.25, -0.2) is 0 Å². The number of thiophene rings is 1. The smallest absolute Gasteiger partial charge is 0.0537 e. The molecule has 3 heteroatoms. The molecule has 0 saturated carbocycles. The molecule has 4 aromatic carbocycles. The third-order valence-corrected chi connectivity index (χ3v) is 8.24. The maximum atomic E-state index is 6.41. The lowest BCUT2D eigenvalue weighted by Crippen LogP contribution is -2.09. The van der Waals surface area contributed by atoms with Crippen LogP contribution in [0.5, 0.6) is 0 Å². The van der Waals surface area contributed by atoms with Gasteiger partial charge in [-0.05, 0) is 54.3 Å². The molecule has 2 heterocycles. The molecule has 164 valence electrons. The van der Waals surface area contributed by atoms with Crippen LogP contribution in [0.15, 0.2) is 91.0 Å². The van der Waals surface area contributed by atoms with Gasteiger partial charge in [0.2, 0.25) is 0 Å². The predicted molar refractivity (Wildman–Crippen MR) is 148 cm³/mol. The van der Waals surface area contributed by atoms with Gasteiger partial charge in [0.15, 0.2) is 0 Å². The van der Waals surface area contributed by atoms with Gasteiger partial charge in [0.1, 0.15) is 0 Å². The molecule has 0 radical (unpaired) electrons. The Hall–Kier alpha value is -3.82. The van der Waals surface area contributed by atoms with Crippen molar-refractivity contribution in [3.05, 3.63) is 102 Å². The molecule has 0 aliphatic heterocycles. The average Bonchev–Trinajstić information content (AvgIpc) is 3.39. The van der Waals surface area contributed by atoms with Crippen molar-refractivity contribution in [1.82, 2.24) is 4.57 Å². The van der Waals surface area contributed by atoms with Gasteiger partial charge in [-0.2, -0.15) is 0 Å². The first-order valence-corrected chi connectivity index (χ1v) is 12.6. The molecule has 0 amide bonds. The Morgan fingerprint density at radius 3 is 2.65 bits per heavy atom. The Morgan fingerprint density at radius 2 is 1.71 bits per heavy atom. The Balaban J connectivity index is 1.51. The normalized spacial score (nSPS) is 15.4. The second-order valence-corrected chi connectivity index (χ2v) is 10.4. The van der Waals surface area contributed by atoms with Crippen LogP contribution in [0.4, 0.5) is 5.69 Å². The minimum atomic E-state index is 0.527. The van der Waals surface area contributed by atoms with Crippen LogP contribution < -0.4 is 5.73 Å². The third-order valence-electron chi connectivity index (χ3n) is 7.11. The van der Waals surface area contributed by atoms with E-state index in [1.807, 2.05) is 23.5 Å². The molecule has 1 aliphatic carbocycles. The zero-order chi connectivity index (χ0) is 22.8. The van der Waals surface area contributed by atoms with Gasteiger partial charge < -0.3 is 10.3 Å². The highest BCUT2D eigenvalue weighted by Gasteiger charge is 2.22. The van der Waals surface area contributed by atoms with Crippen molar-refractivity contribution < 1.29 is 0 Å². The van der Waals surface area contributed by atoms with Crippen LogP contribution in [0.3, 0.4) is 0 Å². The highest BCUT2D eigenvalue weighted by atomic mass is 32.1. The number of fused-ring (bicyclic) bond motifs is 6. The summed E-state index contributed by atoms with van der Waals surface area (Å²) in [6.07, 6.45) is 5.70. The fraction of sp³-hybridized carbons (Fsp3) is 0.0968. The number of aromatic nitrogens is 1. The van der Waals surface area contributed by atoms with Crippen molar-refractivity contribution in [2.45, 2.75) is 13.3 Å². The topological polar surface area (TPSA) is 30.9 Å². The first-order chi connectivity index (χ1) is 16.7. The third kappa shape index (κ3) is 2.80.